The molecule has 5 aliphatic rings. The minimum absolute atomic E-state index is 0.328. The smallest absolute Gasteiger partial charge is 0.399 e. The Kier molecular flexibility index (Phi) is 4.09. The molecule has 30 heavy (non-hydrogen) atoms. The van der Waals surface area contributed by atoms with Crippen molar-refractivity contribution in [3.63, 3.8) is 0 Å². The van der Waals surface area contributed by atoms with E-state index in [9.17, 15) is 0 Å². The highest BCUT2D eigenvalue weighted by atomic mass is 16.7. The fraction of sp³-hybridized carbons (Fsp3) is 0.577. The van der Waals surface area contributed by atoms with Crippen LogP contribution in [0.15, 0.2) is 36.5 Å². The highest BCUT2D eigenvalue weighted by Gasteiger charge is 2.51. The van der Waals surface area contributed by atoms with Gasteiger partial charge in [-0.25, -0.2) is 0 Å². The molecule has 7 rings (SSSR count). The molecule has 3 fully saturated rings. The van der Waals surface area contributed by atoms with Crippen LogP contribution in [0.5, 0.6) is 0 Å². The van der Waals surface area contributed by atoms with E-state index in [1.54, 1.807) is 11.1 Å². The van der Waals surface area contributed by atoms with Gasteiger partial charge in [0.05, 0.1) is 16.9 Å². The van der Waals surface area contributed by atoms with Crippen LogP contribution in [0.25, 0.3) is 11.3 Å². The van der Waals surface area contributed by atoms with Crippen molar-refractivity contribution in [2.45, 2.75) is 82.8 Å². The van der Waals surface area contributed by atoms with Crippen molar-refractivity contribution in [2.75, 3.05) is 0 Å². The molecule has 3 nitrogen and oxygen atoms in total. The van der Waals surface area contributed by atoms with Crippen molar-refractivity contribution < 1.29 is 9.31 Å². The van der Waals surface area contributed by atoms with Gasteiger partial charge in [-0.05, 0) is 107 Å². The van der Waals surface area contributed by atoms with Gasteiger partial charge in [0.25, 0.3) is 0 Å². The van der Waals surface area contributed by atoms with E-state index in [0.717, 1.165) is 34.8 Å². The van der Waals surface area contributed by atoms with Crippen molar-refractivity contribution in [2.24, 2.45) is 11.8 Å². The van der Waals surface area contributed by atoms with E-state index < -0.39 is 0 Å². The summed E-state index contributed by atoms with van der Waals surface area (Å²) in [5.74, 6) is 3.48. The molecule has 4 atom stereocenters. The molecule has 0 N–H and O–H groups in total. The zero-order chi connectivity index (χ0) is 20.7. The molecular weight excluding hydrogens is 369 g/mol. The fourth-order valence-corrected chi connectivity index (χ4v) is 6.51. The first-order valence-electron chi connectivity index (χ1n) is 11.7. The Labute approximate surface area is 180 Å². The van der Waals surface area contributed by atoms with E-state index in [1.807, 2.05) is 6.20 Å². The molecule has 2 saturated carbocycles. The maximum Gasteiger partial charge on any atom is 0.496 e. The maximum absolute atomic E-state index is 6.18. The van der Waals surface area contributed by atoms with Crippen molar-refractivity contribution in [1.29, 1.82) is 0 Å². The summed E-state index contributed by atoms with van der Waals surface area (Å²) >= 11 is 0. The van der Waals surface area contributed by atoms with E-state index >= 15 is 0 Å². The average Bonchev–Trinajstić information content (AvgIpc) is 2.81. The third-order valence-electron chi connectivity index (χ3n) is 8.71. The summed E-state index contributed by atoms with van der Waals surface area (Å²) in [5, 5.41) is 0. The van der Waals surface area contributed by atoms with E-state index in [2.05, 4.69) is 58.0 Å². The van der Waals surface area contributed by atoms with Crippen molar-refractivity contribution in [3.8, 4) is 11.3 Å². The summed E-state index contributed by atoms with van der Waals surface area (Å²) in [7, 11) is -0.352. The highest BCUT2D eigenvalue weighted by molar-refractivity contribution is 6.62. The van der Waals surface area contributed by atoms with Gasteiger partial charge in [-0.15, -0.1) is 0 Å². The minimum atomic E-state index is -0.352. The summed E-state index contributed by atoms with van der Waals surface area (Å²) in [6.07, 6.45) is 9.04. The van der Waals surface area contributed by atoms with E-state index in [-0.39, 0.29) is 18.3 Å². The Hall–Kier alpha value is -1.65. The number of nitrogens with zero attached hydrogens (tertiary/aromatic N) is 1. The van der Waals surface area contributed by atoms with Gasteiger partial charge in [-0.3, -0.25) is 4.98 Å². The third-order valence-corrected chi connectivity index (χ3v) is 8.71. The molecule has 4 heteroatoms. The van der Waals surface area contributed by atoms with Crippen molar-refractivity contribution in [3.05, 3.63) is 47.7 Å². The molecule has 4 aliphatic carbocycles. The normalized spacial score (nSPS) is 32.9. The molecule has 0 radical (unpaired) electrons. The molecule has 0 amide bonds. The molecule has 4 bridgehead atoms. The topological polar surface area (TPSA) is 31.4 Å². The highest BCUT2D eigenvalue weighted by Crippen LogP contribution is 2.56. The summed E-state index contributed by atoms with van der Waals surface area (Å²) < 4.78 is 12.4. The van der Waals surface area contributed by atoms with Crippen LogP contribution in [0.3, 0.4) is 0 Å². The Bertz CT molecular complexity index is 953. The first-order chi connectivity index (χ1) is 14.3. The van der Waals surface area contributed by atoms with E-state index in [1.165, 1.54) is 37.7 Å². The lowest BCUT2D eigenvalue weighted by atomic mass is 9.67. The second-order valence-electron chi connectivity index (χ2n) is 11.2. The van der Waals surface area contributed by atoms with Gasteiger partial charge < -0.3 is 9.31 Å². The average molecular weight is 401 g/mol. The van der Waals surface area contributed by atoms with Crippen LogP contribution in [0.2, 0.25) is 0 Å². The van der Waals surface area contributed by atoms with Crippen LogP contribution in [0.4, 0.5) is 0 Å². The minimum Gasteiger partial charge on any atom is -0.399 e. The van der Waals surface area contributed by atoms with Crippen LogP contribution in [-0.4, -0.2) is 23.3 Å². The molecule has 1 aromatic carbocycles. The molecule has 3 unspecified atom stereocenters. The number of hydrogen-bond donors (Lipinski definition) is 0. The van der Waals surface area contributed by atoms with Gasteiger partial charge in [0, 0.05) is 17.2 Å². The van der Waals surface area contributed by atoms with E-state index in [4.69, 9.17) is 14.3 Å². The quantitative estimate of drug-likeness (QED) is 0.628. The predicted octanol–water partition coefficient (Wildman–Crippen LogP) is 5.44. The number of benzene rings is 1. The molecular formula is C26H32BNO2. The van der Waals surface area contributed by atoms with Crippen molar-refractivity contribution in [1.82, 2.24) is 4.98 Å². The molecule has 1 saturated heterocycles. The van der Waals surface area contributed by atoms with Crippen LogP contribution >= 0.6 is 0 Å². The number of hydrogen-bond acceptors (Lipinski definition) is 3. The molecule has 2 aromatic rings. The SMILES string of the molecule is CC1(C)OB(c2ccc(-c3ccc4c(c3)C3CC5CC4C[C@H](C5)C3)nc2)OC1(C)C. The predicted molar refractivity (Wildman–Crippen MR) is 121 cm³/mol. The molecule has 2 heterocycles. The Balaban J connectivity index is 1.29. The summed E-state index contributed by atoms with van der Waals surface area (Å²) in [4.78, 5) is 4.81. The summed E-state index contributed by atoms with van der Waals surface area (Å²) in [6.45, 7) is 8.35. The van der Waals surface area contributed by atoms with Gasteiger partial charge >= 0.3 is 7.12 Å². The van der Waals surface area contributed by atoms with Gasteiger partial charge in [-0.1, -0.05) is 18.2 Å². The lowest BCUT2D eigenvalue weighted by Gasteiger charge is -2.38. The number of aromatic nitrogens is 1. The van der Waals surface area contributed by atoms with Crippen LogP contribution in [0.1, 0.15) is 82.8 Å². The summed E-state index contributed by atoms with van der Waals surface area (Å²) in [5.41, 5.74) is 5.89. The third kappa shape index (κ3) is 2.91. The molecule has 1 aromatic heterocycles. The Morgan fingerprint density at radius 3 is 2.03 bits per heavy atom. The fourth-order valence-electron chi connectivity index (χ4n) is 6.51. The van der Waals surface area contributed by atoms with Gasteiger partial charge in [0.15, 0.2) is 0 Å². The lowest BCUT2D eigenvalue weighted by Crippen LogP contribution is -2.41. The summed E-state index contributed by atoms with van der Waals surface area (Å²) in [6, 6.07) is 11.4. The van der Waals surface area contributed by atoms with Gasteiger partial charge in [0.2, 0.25) is 0 Å². The molecule has 1 aliphatic heterocycles. The molecule has 0 spiro atoms. The molecule has 156 valence electrons. The monoisotopic (exact) mass is 401 g/mol. The van der Waals surface area contributed by atoms with Crippen LogP contribution < -0.4 is 5.46 Å². The van der Waals surface area contributed by atoms with Crippen LogP contribution in [0, 0.1) is 11.8 Å². The number of pyridine rings is 1. The zero-order valence-corrected chi connectivity index (χ0v) is 18.7. The Morgan fingerprint density at radius 2 is 1.43 bits per heavy atom. The largest absolute Gasteiger partial charge is 0.496 e. The van der Waals surface area contributed by atoms with Gasteiger partial charge in [-0.2, -0.15) is 0 Å². The van der Waals surface area contributed by atoms with E-state index in [0.29, 0.717) is 0 Å². The van der Waals surface area contributed by atoms with Gasteiger partial charge in [0.1, 0.15) is 0 Å². The second kappa shape index (κ2) is 6.43. The Morgan fingerprint density at radius 1 is 0.800 bits per heavy atom. The zero-order valence-electron chi connectivity index (χ0n) is 18.7. The standard InChI is InChI=1S/C26H32BNO2/c1-25(2)26(3,4)30-27(29-25)21-6-8-24(28-15-21)18-5-7-22-19-10-16-9-17(11-19)13-20(12-16)23(22)14-18/h5-8,14-17,19-20H,9-13H2,1-4H3/t16-,17?,19?,20?/m0/s1. The first-order valence-corrected chi connectivity index (χ1v) is 11.7. The second-order valence-corrected chi connectivity index (χ2v) is 11.2. The number of rotatable bonds is 2. The maximum atomic E-state index is 6.18. The van der Waals surface area contributed by atoms with Crippen LogP contribution in [-0.2, 0) is 9.31 Å². The first kappa shape index (κ1) is 19.1. The van der Waals surface area contributed by atoms with Crippen molar-refractivity contribution >= 4 is 12.6 Å². The lowest BCUT2D eigenvalue weighted by molar-refractivity contribution is 0.00578.